The number of fused-ring (bicyclic) bond motifs is 1. The SMILES string of the molecule is Cc1sc2ncn(CC(=O)NN=Cc3ccccc3Cl)c(=O)c2c1C. The maximum absolute atomic E-state index is 12.5. The Balaban J connectivity index is 1.74. The standard InChI is InChI=1S/C17H15ClN4O2S/c1-10-11(2)25-16-15(10)17(24)22(9-19-16)8-14(23)21-20-7-12-5-3-4-6-13(12)18/h3-7,9H,8H2,1-2H3,(H,21,23). The van der Waals surface area contributed by atoms with Gasteiger partial charge in [0.2, 0.25) is 0 Å². The number of aromatic nitrogens is 2. The van der Waals surface area contributed by atoms with Gasteiger partial charge in [-0.25, -0.2) is 10.4 Å². The number of carbonyl (C=O) groups is 1. The number of hydrogen-bond acceptors (Lipinski definition) is 5. The van der Waals surface area contributed by atoms with Crippen molar-refractivity contribution in [1.82, 2.24) is 15.0 Å². The second-order valence-corrected chi connectivity index (χ2v) is 7.07. The summed E-state index contributed by atoms with van der Waals surface area (Å²) < 4.78 is 1.28. The van der Waals surface area contributed by atoms with Crippen molar-refractivity contribution >= 4 is 45.3 Å². The third kappa shape index (κ3) is 3.62. The Hall–Kier alpha value is -2.51. The second-order valence-electron chi connectivity index (χ2n) is 5.46. The lowest BCUT2D eigenvalue weighted by molar-refractivity contribution is -0.121. The molecule has 1 amide bonds. The van der Waals surface area contributed by atoms with E-state index in [4.69, 9.17) is 11.6 Å². The van der Waals surface area contributed by atoms with Crippen LogP contribution >= 0.6 is 22.9 Å². The van der Waals surface area contributed by atoms with Gasteiger partial charge >= 0.3 is 0 Å². The first kappa shape index (κ1) is 17.3. The molecule has 2 aromatic heterocycles. The zero-order valence-corrected chi connectivity index (χ0v) is 15.2. The fourth-order valence-corrected chi connectivity index (χ4v) is 3.50. The molecule has 25 heavy (non-hydrogen) atoms. The molecular formula is C17H15ClN4O2S. The minimum absolute atomic E-state index is 0.157. The summed E-state index contributed by atoms with van der Waals surface area (Å²) in [5.41, 5.74) is 3.76. The summed E-state index contributed by atoms with van der Waals surface area (Å²) in [4.78, 5) is 30.6. The average molecular weight is 375 g/mol. The predicted molar refractivity (Wildman–Crippen MR) is 101 cm³/mol. The van der Waals surface area contributed by atoms with Gasteiger partial charge in [0.1, 0.15) is 11.4 Å². The van der Waals surface area contributed by atoms with E-state index in [1.165, 1.54) is 28.4 Å². The summed E-state index contributed by atoms with van der Waals surface area (Å²) in [6, 6.07) is 7.14. The van der Waals surface area contributed by atoms with E-state index in [2.05, 4.69) is 15.5 Å². The van der Waals surface area contributed by atoms with Gasteiger partial charge < -0.3 is 0 Å². The molecule has 3 aromatic rings. The zero-order chi connectivity index (χ0) is 18.0. The molecule has 0 unspecified atom stereocenters. The van der Waals surface area contributed by atoms with Crippen LogP contribution in [0.3, 0.4) is 0 Å². The van der Waals surface area contributed by atoms with E-state index in [0.29, 0.717) is 20.8 Å². The van der Waals surface area contributed by atoms with Crippen LogP contribution in [0.5, 0.6) is 0 Å². The van der Waals surface area contributed by atoms with E-state index < -0.39 is 5.91 Å². The van der Waals surface area contributed by atoms with Crippen molar-refractivity contribution in [2.45, 2.75) is 20.4 Å². The Kier molecular flexibility index (Phi) is 4.96. The van der Waals surface area contributed by atoms with Crippen molar-refractivity contribution in [3.63, 3.8) is 0 Å². The molecule has 0 saturated carbocycles. The molecule has 0 fully saturated rings. The average Bonchev–Trinajstić information content (AvgIpc) is 2.87. The number of hydrazone groups is 1. The Morgan fingerprint density at radius 3 is 2.92 bits per heavy atom. The molecule has 3 rings (SSSR count). The second kappa shape index (κ2) is 7.16. The number of benzene rings is 1. The van der Waals surface area contributed by atoms with E-state index in [0.717, 1.165) is 10.4 Å². The van der Waals surface area contributed by atoms with Crippen molar-refractivity contribution in [2.24, 2.45) is 5.10 Å². The van der Waals surface area contributed by atoms with Crippen LogP contribution in [-0.2, 0) is 11.3 Å². The lowest BCUT2D eigenvalue weighted by Crippen LogP contribution is -2.30. The van der Waals surface area contributed by atoms with Crippen molar-refractivity contribution in [3.05, 3.63) is 62.0 Å². The quantitative estimate of drug-likeness (QED) is 0.563. The largest absolute Gasteiger partial charge is 0.289 e. The lowest BCUT2D eigenvalue weighted by Gasteiger charge is -2.04. The smallest absolute Gasteiger partial charge is 0.262 e. The highest BCUT2D eigenvalue weighted by Gasteiger charge is 2.13. The molecule has 0 aliphatic carbocycles. The van der Waals surface area contributed by atoms with Crippen molar-refractivity contribution in [1.29, 1.82) is 0 Å². The highest BCUT2D eigenvalue weighted by atomic mass is 35.5. The number of aryl methyl sites for hydroxylation is 2. The Bertz CT molecular complexity index is 1040. The van der Waals surface area contributed by atoms with Crippen molar-refractivity contribution < 1.29 is 4.79 Å². The van der Waals surface area contributed by atoms with Crippen molar-refractivity contribution in [3.8, 4) is 0 Å². The predicted octanol–water partition coefficient (Wildman–Crippen LogP) is 2.88. The number of nitrogens with one attached hydrogen (secondary N) is 1. The molecule has 0 bridgehead atoms. The van der Waals surface area contributed by atoms with Gasteiger partial charge in [-0.05, 0) is 25.5 Å². The molecule has 0 spiro atoms. The van der Waals surface area contributed by atoms with Gasteiger partial charge in [-0.15, -0.1) is 11.3 Å². The number of thiophene rings is 1. The minimum Gasteiger partial charge on any atom is -0.289 e. The lowest BCUT2D eigenvalue weighted by atomic mass is 10.2. The minimum atomic E-state index is -0.420. The van der Waals surface area contributed by atoms with Crippen LogP contribution in [0, 0.1) is 13.8 Å². The molecule has 2 heterocycles. The van der Waals surface area contributed by atoms with E-state index in [-0.39, 0.29) is 12.1 Å². The number of rotatable bonds is 4. The van der Waals surface area contributed by atoms with Crippen LogP contribution < -0.4 is 11.0 Å². The first-order valence-corrected chi connectivity index (χ1v) is 8.68. The summed E-state index contributed by atoms with van der Waals surface area (Å²) in [6.45, 7) is 3.67. The van der Waals surface area contributed by atoms with Crippen LogP contribution in [0.1, 0.15) is 16.0 Å². The number of hydrogen-bond donors (Lipinski definition) is 1. The molecule has 0 radical (unpaired) electrons. The summed E-state index contributed by atoms with van der Waals surface area (Å²) in [6.07, 6.45) is 2.84. The molecule has 128 valence electrons. The third-order valence-corrected chi connectivity index (χ3v) is 5.23. The monoisotopic (exact) mass is 374 g/mol. The molecule has 0 saturated heterocycles. The summed E-state index contributed by atoms with van der Waals surface area (Å²) in [5.74, 6) is -0.420. The fourth-order valence-electron chi connectivity index (χ4n) is 2.33. The number of nitrogens with zero attached hydrogens (tertiary/aromatic N) is 3. The van der Waals surface area contributed by atoms with Crippen LogP contribution in [0.25, 0.3) is 10.2 Å². The molecule has 0 aliphatic rings. The van der Waals surface area contributed by atoms with Crippen LogP contribution in [-0.4, -0.2) is 21.7 Å². The van der Waals surface area contributed by atoms with Crippen LogP contribution in [0.2, 0.25) is 5.02 Å². The first-order chi connectivity index (χ1) is 12.0. The highest BCUT2D eigenvalue weighted by molar-refractivity contribution is 7.18. The third-order valence-electron chi connectivity index (χ3n) is 3.77. The Labute approximate surface area is 152 Å². The molecule has 1 aromatic carbocycles. The number of amides is 1. The summed E-state index contributed by atoms with van der Waals surface area (Å²) in [7, 11) is 0. The molecule has 8 heteroatoms. The van der Waals surface area contributed by atoms with Gasteiger partial charge in [-0.3, -0.25) is 14.2 Å². The van der Waals surface area contributed by atoms with E-state index in [1.54, 1.807) is 12.1 Å². The summed E-state index contributed by atoms with van der Waals surface area (Å²) in [5, 5.41) is 4.97. The molecule has 6 nitrogen and oxygen atoms in total. The Morgan fingerprint density at radius 2 is 2.16 bits per heavy atom. The van der Waals surface area contributed by atoms with Gasteiger partial charge in [0.15, 0.2) is 0 Å². The fraction of sp³-hybridized carbons (Fsp3) is 0.176. The van der Waals surface area contributed by atoms with Crippen LogP contribution in [0.15, 0.2) is 40.5 Å². The molecular weight excluding hydrogens is 360 g/mol. The normalized spacial score (nSPS) is 11.3. The van der Waals surface area contributed by atoms with E-state index >= 15 is 0 Å². The topological polar surface area (TPSA) is 76.3 Å². The number of carbonyl (C=O) groups excluding carboxylic acids is 1. The van der Waals surface area contributed by atoms with Gasteiger partial charge in [0.25, 0.3) is 11.5 Å². The Morgan fingerprint density at radius 1 is 1.40 bits per heavy atom. The molecule has 0 atom stereocenters. The van der Waals surface area contributed by atoms with Gasteiger partial charge in [-0.2, -0.15) is 5.10 Å². The van der Waals surface area contributed by atoms with Crippen molar-refractivity contribution in [2.75, 3.05) is 0 Å². The first-order valence-electron chi connectivity index (χ1n) is 7.49. The van der Waals surface area contributed by atoms with E-state index in [9.17, 15) is 9.59 Å². The highest BCUT2D eigenvalue weighted by Crippen LogP contribution is 2.25. The summed E-state index contributed by atoms with van der Waals surface area (Å²) >= 11 is 7.48. The number of halogens is 1. The zero-order valence-electron chi connectivity index (χ0n) is 13.6. The molecule has 1 N–H and O–H groups in total. The van der Waals surface area contributed by atoms with Gasteiger partial charge in [0.05, 0.1) is 17.9 Å². The van der Waals surface area contributed by atoms with Gasteiger partial charge in [-0.1, -0.05) is 29.8 Å². The molecule has 0 aliphatic heterocycles. The van der Waals surface area contributed by atoms with E-state index in [1.807, 2.05) is 26.0 Å². The maximum Gasteiger partial charge on any atom is 0.262 e. The van der Waals surface area contributed by atoms with Crippen LogP contribution in [0.4, 0.5) is 0 Å². The van der Waals surface area contributed by atoms with Gasteiger partial charge in [0, 0.05) is 15.5 Å². The maximum atomic E-state index is 12.5.